The van der Waals surface area contributed by atoms with Crippen LogP contribution in [0.3, 0.4) is 0 Å². The lowest BCUT2D eigenvalue weighted by Gasteiger charge is -2.55. The van der Waals surface area contributed by atoms with Crippen molar-refractivity contribution in [3.63, 3.8) is 0 Å². The van der Waals surface area contributed by atoms with Crippen molar-refractivity contribution in [1.29, 1.82) is 5.26 Å². The number of hydrogen-bond donors (Lipinski definition) is 2. The van der Waals surface area contributed by atoms with E-state index in [1.807, 2.05) is 12.1 Å². The smallest absolute Gasteiger partial charge is 0.246 e. The topological polar surface area (TPSA) is 110 Å². The second kappa shape index (κ2) is 11.9. The Labute approximate surface area is 242 Å². The maximum absolute atomic E-state index is 14.4. The van der Waals surface area contributed by atoms with Gasteiger partial charge in [-0.25, -0.2) is 0 Å². The van der Waals surface area contributed by atoms with E-state index in [4.69, 9.17) is 9.47 Å². The Kier molecular flexibility index (Phi) is 8.28. The van der Waals surface area contributed by atoms with Crippen LogP contribution in [0.15, 0.2) is 36.9 Å². The molecule has 0 aromatic heterocycles. The number of ether oxygens (including phenoxy) is 2. The summed E-state index contributed by atoms with van der Waals surface area (Å²) in [5.41, 5.74) is 1.51. The summed E-state index contributed by atoms with van der Waals surface area (Å²) in [7, 11) is 2.13. The van der Waals surface area contributed by atoms with Crippen LogP contribution in [-0.2, 0) is 32.1 Å². The highest BCUT2D eigenvalue weighted by Crippen LogP contribution is 2.42. The summed E-state index contributed by atoms with van der Waals surface area (Å²) in [4.78, 5) is 33.3. The summed E-state index contributed by atoms with van der Waals surface area (Å²) in [6, 6.07) is 10.2. The Morgan fingerprint density at radius 2 is 2.05 bits per heavy atom. The second-order valence-electron chi connectivity index (χ2n) is 12.3. The van der Waals surface area contributed by atoms with E-state index >= 15 is 0 Å². The van der Waals surface area contributed by atoms with Gasteiger partial charge in [0.1, 0.15) is 5.60 Å². The van der Waals surface area contributed by atoms with Crippen LogP contribution in [0.1, 0.15) is 43.2 Å². The quantitative estimate of drug-likeness (QED) is 0.497. The van der Waals surface area contributed by atoms with Gasteiger partial charge in [0.2, 0.25) is 5.91 Å². The van der Waals surface area contributed by atoms with Gasteiger partial charge >= 0.3 is 0 Å². The second-order valence-corrected chi connectivity index (χ2v) is 12.3. The number of ketones is 1. The largest absolute Gasteiger partial charge is 0.362 e. The number of benzene rings is 1. The number of nitrogens with one attached hydrogen (secondary N) is 2. The average Bonchev–Trinajstić information content (AvgIpc) is 3.42. The number of piperazine rings is 1. The van der Waals surface area contributed by atoms with Crippen molar-refractivity contribution >= 4 is 11.7 Å². The fourth-order valence-corrected chi connectivity index (χ4v) is 7.65. The molecule has 1 aliphatic carbocycles. The number of fused-ring (bicyclic) bond motifs is 2. The van der Waals surface area contributed by atoms with E-state index in [1.54, 1.807) is 4.90 Å². The van der Waals surface area contributed by atoms with Crippen LogP contribution in [0.5, 0.6) is 0 Å². The normalized spacial score (nSPS) is 36.0. The van der Waals surface area contributed by atoms with Gasteiger partial charge in [-0.15, -0.1) is 0 Å². The van der Waals surface area contributed by atoms with Gasteiger partial charge in [-0.1, -0.05) is 30.8 Å². The van der Waals surface area contributed by atoms with Crippen molar-refractivity contribution < 1.29 is 19.1 Å². The van der Waals surface area contributed by atoms with Crippen molar-refractivity contribution in [2.24, 2.45) is 5.92 Å². The van der Waals surface area contributed by atoms with Crippen molar-refractivity contribution in [2.75, 3.05) is 39.8 Å². The zero-order chi connectivity index (χ0) is 28.6. The van der Waals surface area contributed by atoms with Gasteiger partial charge in [-0.05, 0) is 56.5 Å². The molecule has 7 atom stereocenters. The summed E-state index contributed by atoms with van der Waals surface area (Å²) in [6.45, 7) is 7.45. The highest BCUT2D eigenvalue weighted by molar-refractivity contribution is 5.94. The number of amides is 1. The van der Waals surface area contributed by atoms with Crippen molar-refractivity contribution in [3.05, 3.63) is 48.0 Å². The molecule has 6 unspecified atom stereocenters. The number of likely N-dealkylation sites (tertiary alicyclic amines) is 1. The monoisotopic (exact) mass is 562 g/mol. The number of carbonyl (C=O) groups excluding carboxylic acids is 2. The van der Waals surface area contributed by atoms with E-state index in [2.05, 4.69) is 52.3 Å². The van der Waals surface area contributed by atoms with Gasteiger partial charge < -0.3 is 19.3 Å². The van der Waals surface area contributed by atoms with Gasteiger partial charge in [-0.3, -0.25) is 25.1 Å². The molecule has 1 aromatic carbocycles. The lowest BCUT2D eigenvalue weighted by molar-refractivity contribution is -0.173. The first-order valence-corrected chi connectivity index (χ1v) is 15.1. The highest BCUT2D eigenvalue weighted by atomic mass is 16.5. The van der Waals surface area contributed by atoms with Crippen LogP contribution in [-0.4, -0.2) is 102 Å². The Bertz CT molecular complexity index is 1200. The van der Waals surface area contributed by atoms with Gasteiger partial charge in [0.25, 0.3) is 0 Å². The van der Waals surface area contributed by atoms with Crippen LogP contribution in [0, 0.1) is 17.2 Å². The minimum Gasteiger partial charge on any atom is -0.362 e. The number of likely N-dealkylation sites (N-methyl/N-ethyl adjacent to an activating group) is 1. The molecule has 4 fully saturated rings. The number of Topliss-reactive ketones (excluding diaryl/α,β-unsaturated/α-hetero) is 1. The summed E-state index contributed by atoms with van der Waals surface area (Å²) in [5.74, 6) is -0.0323. The highest BCUT2D eigenvalue weighted by Gasteiger charge is 2.56. The van der Waals surface area contributed by atoms with E-state index in [-0.39, 0.29) is 36.2 Å². The zero-order valence-electron chi connectivity index (χ0n) is 24.0. The zero-order valence-corrected chi connectivity index (χ0v) is 24.0. The fraction of sp³-hybridized carbons (Fsp3) is 0.645. The predicted molar refractivity (Wildman–Crippen MR) is 152 cm³/mol. The minimum atomic E-state index is -0.834. The molecule has 1 amide bonds. The Balaban J connectivity index is 1.24. The molecular formula is C31H42N6O4. The minimum absolute atomic E-state index is 0.00675. The number of carbonyl (C=O) groups is 2. The van der Waals surface area contributed by atoms with Crippen LogP contribution in [0.25, 0.3) is 0 Å². The Hall–Kier alpha value is -2.65. The molecule has 0 radical (unpaired) electrons. The average molecular weight is 563 g/mol. The van der Waals surface area contributed by atoms with Gasteiger partial charge in [0, 0.05) is 38.0 Å². The van der Waals surface area contributed by atoms with Crippen molar-refractivity contribution in [1.82, 2.24) is 25.3 Å². The number of rotatable bonds is 6. The van der Waals surface area contributed by atoms with Crippen LogP contribution in [0.2, 0.25) is 0 Å². The number of nitrogens with zero attached hydrogens (tertiary/aromatic N) is 4. The molecule has 4 aliphatic heterocycles. The molecule has 220 valence electrons. The third-order valence-electron chi connectivity index (χ3n) is 10.0. The molecule has 1 spiro atoms. The molecule has 2 N–H and O–H groups in total. The maximum Gasteiger partial charge on any atom is 0.246 e. The standard InChI is InChI=1S/C31H42N6O4/c1-3-26(38)37-16-15-36(18-23(37)11-13-32)29-25-10-12-31(17-21-7-4-5-8-22(21)19-41-31)28(39)27(25)33-30(34-29)40-20-24-9-6-14-35(24)2/h3-5,7-8,23-25,27,29-30,33-34H,1,6,9-12,14-20H2,2H3/t23?,24?,25?,27?,29?,30?,31-/m0/s1. The van der Waals surface area contributed by atoms with Crippen LogP contribution >= 0.6 is 0 Å². The molecule has 10 heteroatoms. The third-order valence-corrected chi connectivity index (χ3v) is 10.0. The molecule has 1 saturated carbocycles. The first-order chi connectivity index (χ1) is 19.9. The summed E-state index contributed by atoms with van der Waals surface area (Å²) < 4.78 is 12.8. The van der Waals surface area contributed by atoms with E-state index in [9.17, 15) is 14.9 Å². The predicted octanol–water partition coefficient (Wildman–Crippen LogP) is 1.37. The van der Waals surface area contributed by atoms with E-state index in [0.29, 0.717) is 51.7 Å². The van der Waals surface area contributed by atoms with E-state index in [0.717, 1.165) is 31.4 Å². The molecule has 3 saturated heterocycles. The molecule has 1 aromatic rings. The molecule has 10 nitrogen and oxygen atoms in total. The number of hydrogen-bond acceptors (Lipinski definition) is 9. The van der Waals surface area contributed by atoms with Crippen molar-refractivity contribution in [3.8, 4) is 6.07 Å². The molecule has 6 rings (SSSR count). The third kappa shape index (κ3) is 5.47. The fourth-order valence-electron chi connectivity index (χ4n) is 7.65. The molecule has 5 aliphatic rings. The van der Waals surface area contributed by atoms with Crippen molar-refractivity contribution in [2.45, 2.75) is 81.4 Å². The summed E-state index contributed by atoms with van der Waals surface area (Å²) in [5, 5.41) is 16.7. The van der Waals surface area contributed by atoms with Gasteiger partial charge in [-0.2, -0.15) is 5.26 Å². The molecule has 0 bridgehead atoms. The first-order valence-electron chi connectivity index (χ1n) is 15.1. The molecule has 4 heterocycles. The Morgan fingerprint density at radius 1 is 1.22 bits per heavy atom. The van der Waals surface area contributed by atoms with Gasteiger partial charge in [0.15, 0.2) is 12.1 Å². The Morgan fingerprint density at radius 3 is 2.80 bits per heavy atom. The number of nitriles is 1. The van der Waals surface area contributed by atoms with Crippen LogP contribution in [0.4, 0.5) is 0 Å². The first kappa shape index (κ1) is 28.5. The molecular weight excluding hydrogens is 520 g/mol. The lowest BCUT2D eigenvalue weighted by Crippen LogP contribution is -2.75. The van der Waals surface area contributed by atoms with E-state index < -0.39 is 18.0 Å². The van der Waals surface area contributed by atoms with E-state index in [1.165, 1.54) is 11.6 Å². The van der Waals surface area contributed by atoms with Gasteiger partial charge in [0.05, 0.1) is 44.0 Å². The lowest BCUT2D eigenvalue weighted by atomic mass is 9.68. The summed E-state index contributed by atoms with van der Waals surface area (Å²) in [6.07, 6.45) is 5.28. The SMILES string of the molecule is C=CC(=O)N1CCN(C2NC(OCC3CCCN3C)NC3C(=O)[C@]4(CCC32)Cc2ccccc2CO4)CC1CC#N. The summed E-state index contributed by atoms with van der Waals surface area (Å²) >= 11 is 0. The maximum atomic E-state index is 14.4. The molecule has 41 heavy (non-hydrogen) atoms. The van der Waals surface area contributed by atoms with Crippen LogP contribution < -0.4 is 10.6 Å².